The van der Waals surface area contributed by atoms with E-state index in [2.05, 4.69) is 0 Å². The third-order valence-corrected chi connectivity index (χ3v) is 2.90. The highest BCUT2D eigenvalue weighted by Gasteiger charge is 2.17. The highest BCUT2D eigenvalue weighted by molar-refractivity contribution is 5.94. The zero-order valence-corrected chi connectivity index (χ0v) is 11.1. The molecule has 0 heterocycles. The average Bonchev–Trinajstić information content (AvgIpc) is 2.38. The van der Waals surface area contributed by atoms with E-state index < -0.39 is 4.92 Å². The maximum atomic E-state index is 12.2. The molecule has 19 heavy (non-hydrogen) atoms. The molecular formula is C13H18N2O4. The van der Waals surface area contributed by atoms with Gasteiger partial charge in [-0.05, 0) is 32.4 Å². The SMILES string of the molecule is CCN(CCCO)C(=O)c1ccc([N+](=O)[O-])c(C)c1. The fourth-order valence-electron chi connectivity index (χ4n) is 1.84. The Morgan fingerprint density at radius 1 is 1.47 bits per heavy atom. The van der Waals surface area contributed by atoms with Crippen LogP contribution in [-0.2, 0) is 0 Å². The largest absolute Gasteiger partial charge is 0.396 e. The molecule has 1 aromatic rings. The van der Waals surface area contributed by atoms with Gasteiger partial charge in [0.05, 0.1) is 4.92 Å². The van der Waals surface area contributed by atoms with Gasteiger partial charge in [-0.25, -0.2) is 0 Å². The van der Waals surface area contributed by atoms with E-state index in [1.165, 1.54) is 18.2 Å². The summed E-state index contributed by atoms with van der Waals surface area (Å²) in [5.74, 6) is -0.172. The number of aryl methyl sites for hydroxylation is 1. The van der Waals surface area contributed by atoms with Crippen LogP contribution in [0.25, 0.3) is 0 Å². The van der Waals surface area contributed by atoms with Gasteiger partial charge in [-0.3, -0.25) is 14.9 Å². The van der Waals surface area contributed by atoms with Gasteiger partial charge >= 0.3 is 0 Å². The second-order valence-corrected chi connectivity index (χ2v) is 4.22. The number of carbonyl (C=O) groups is 1. The molecule has 0 radical (unpaired) electrons. The van der Waals surface area contributed by atoms with Gasteiger partial charge in [0.25, 0.3) is 11.6 Å². The molecule has 0 spiro atoms. The second kappa shape index (κ2) is 6.84. The number of hydrogen-bond acceptors (Lipinski definition) is 4. The summed E-state index contributed by atoms with van der Waals surface area (Å²) in [6, 6.07) is 4.35. The first-order valence-corrected chi connectivity index (χ1v) is 6.16. The molecule has 6 heteroatoms. The third-order valence-electron chi connectivity index (χ3n) is 2.90. The number of nitrogens with zero attached hydrogens (tertiary/aromatic N) is 2. The average molecular weight is 266 g/mol. The van der Waals surface area contributed by atoms with Crippen molar-refractivity contribution in [3.8, 4) is 0 Å². The monoisotopic (exact) mass is 266 g/mol. The normalized spacial score (nSPS) is 10.3. The lowest BCUT2D eigenvalue weighted by molar-refractivity contribution is -0.385. The van der Waals surface area contributed by atoms with E-state index in [1.54, 1.807) is 11.8 Å². The van der Waals surface area contributed by atoms with Crippen molar-refractivity contribution in [2.45, 2.75) is 20.3 Å². The minimum Gasteiger partial charge on any atom is -0.396 e. The fraction of sp³-hybridized carbons (Fsp3) is 0.462. The molecule has 0 bridgehead atoms. The Bertz CT molecular complexity index is 474. The van der Waals surface area contributed by atoms with Gasteiger partial charge in [0.2, 0.25) is 0 Å². The quantitative estimate of drug-likeness (QED) is 0.628. The maximum absolute atomic E-state index is 12.2. The number of benzene rings is 1. The third kappa shape index (κ3) is 3.75. The second-order valence-electron chi connectivity index (χ2n) is 4.22. The Morgan fingerprint density at radius 3 is 2.63 bits per heavy atom. The summed E-state index contributed by atoms with van der Waals surface area (Å²) in [5.41, 5.74) is 0.909. The fourth-order valence-corrected chi connectivity index (χ4v) is 1.84. The summed E-state index contributed by atoms with van der Waals surface area (Å²) < 4.78 is 0. The lowest BCUT2D eigenvalue weighted by atomic mass is 10.1. The van der Waals surface area contributed by atoms with Crippen LogP contribution in [-0.4, -0.2) is 40.5 Å². The van der Waals surface area contributed by atoms with E-state index in [-0.39, 0.29) is 18.2 Å². The Hall–Kier alpha value is -1.95. The summed E-state index contributed by atoms with van der Waals surface area (Å²) in [4.78, 5) is 24.0. The van der Waals surface area contributed by atoms with Crippen molar-refractivity contribution in [3.63, 3.8) is 0 Å². The Kier molecular flexibility index (Phi) is 5.44. The number of amides is 1. The van der Waals surface area contributed by atoms with Crippen molar-refractivity contribution in [1.29, 1.82) is 0 Å². The van der Waals surface area contributed by atoms with Crippen LogP contribution in [0, 0.1) is 17.0 Å². The van der Waals surface area contributed by atoms with Crippen LogP contribution in [0.1, 0.15) is 29.3 Å². The molecule has 0 aliphatic heterocycles. The van der Waals surface area contributed by atoms with Gasteiger partial charge in [0.15, 0.2) is 0 Å². The van der Waals surface area contributed by atoms with Crippen LogP contribution >= 0.6 is 0 Å². The van der Waals surface area contributed by atoms with Crippen molar-refractivity contribution in [3.05, 3.63) is 39.4 Å². The van der Waals surface area contributed by atoms with Gasteiger partial charge in [0, 0.05) is 36.9 Å². The van der Waals surface area contributed by atoms with Crippen LogP contribution in [0.4, 0.5) is 5.69 Å². The van der Waals surface area contributed by atoms with Crippen molar-refractivity contribution in [2.24, 2.45) is 0 Å². The van der Waals surface area contributed by atoms with Gasteiger partial charge in [-0.2, -0.15) is 0 Å². The van der Waals surface area contributed by atoms with E-state index in [9.17, 15) is 14.9 Å². The molecule has 1 rings (SSSR count). The molecule has 0 fully saturated rings. The summed E-state index contributed by atoms with van der Waals surface area (Å²) in [7, 11) is 0. The van der Waals surface area contributed by atoms with E-state index in [4.69, 9.17) is 5.11 Å². The Morgan fingerprint density at radius 2 is 2.16 bits per heavy atom. The van der Waals surface area contributed by atoms with Crippen molar-refractivity contribution < 1.29 is 14.8 Å². The molecule has 1 N–H and O–H groups in total. The summed E-state index contributed by atoms with van der Waals surface area (Å²) in [6.07, 6.45) is 0.519. The zero-order valence-electron chi connectivity index (χ0n) is 11.1. The first-order valence-electron chi connectivity index (χ1n) is 6.16. The van der Waals surface area contributed by atoms with E-state index in [0.29, 0.717) is 30.6 Å². The van der Waals surface area contributed by atoms with E-state index in [1.807, 2.05) is 6.92 Å². The smallest absolute Gasteiger partial charge is 0.272 e. The summed E-state index contributed by atoms with van der Waals surface area (Å²) in [5, 5.41) is 19.5. The highest BCUT2D eigenvalue weighted by Crippen LogP contribution is 2.19. The van der Waals surface area contributed by atoms with Gasteiger partial charge in [-0.1, -0.05) is 0 Å². The number of carbonyl (C=O) groups excluding carboxylic acids is 1. The van der Waals surface area contributed by atoms with Crippen LogP contribution in [0.3, 0.4) is 0 Å². The molecular weight excluding hydrogens is 248 g/mol. The lowest BCUT2D eigenvalue weighted by Crippen LogP contribution is -2.32. The predicted octanol–water partition coefficient (Wildman–Crippen LogP) is 1.75. The number of nitro groups is 1. The van der Waals surface area contributed by atoms with Crippen LogP contribution in [0.15, 0.2) is 18.2 Å². The van der Waals surface area contributed by atoms with Crippen molar-refractivity contribution in [1.82, 2.24) is 4.90 Å². The molecule has 0 aliphatic rings. The molecule has 1 amide bonds. The molecule has 0 unspecified atom stereocenters. The van der Waals surface area contributed by atoms with Crippen molar-refractivity contribution >= 4 is 11.6 Å². The van der Waals surface area contributed by atoms with Crippen molar-refractivity contribution in [2.75, 3.05) is 19.7 Å². The maximum Gasteiger partial charge on any atom is 0.272 e. The summed E-state index contributed by atoms with van der Waals surface area (Å²) in [6.45, 7) is 4.51. The highest BCUT2D eigenvalue weighted by atomic mass is 16.6. The molecule has 104 valence electrons. The van der Waals surface area contributed by atoms with Crippen LogP contribution in [0.5, 0.6) is 0 Å². The van der Waals surface area contributed by atoms with Gasteiger partial charge in [-0.15, -0.1) is 0 Å². The standard InChI is InChI=1S/C13H18N2O4/c1-3-14(7-4-8-16)13(17)11-5-6-12(15(18)19)10(2)9-11/h5-6,9,16H,3-4,7-8H2,1-2H3. The first-order chi connectivity index (χ1) is 9.01. The predicted molar refractivity (Wildman–Crippen MR) is 71.1 cm³/mol. The minimum absolute atomic E-state index is 0.00922. The molecule has 0 saturated heterocycles. The first kappa shape index (κ1) is 15.1. The van der Waals surface area contributed by atoms with Gasteiger partial charge < -0.3 is 10.0 Å². The number of aliphatic hydroxyl groups excluding tert-OH is 1. The summed E-state index contributed by atoms with van der Waals surface area (Å²) >= 11 is 0. The molecule has 1 aromatic carbocycles. The molecule has 0 saturated carbocycles. The topological polar surface area (TPSA) is 83.7 Å². The number of rotatable bonds is 6. The van der Waals surface area contributed by atoms with Crippen LogP contribution in [0.2, 0.25) is 0 Å². The Labute approximate surface area is 111 Å². The molecule has 0 atom stereocenters. The lowest BCUT2D eigenvalue weighted by Gasteiger charge is -2.20. The molecule has 6 nitrogen and oxygen atoms in total. The molecule has 0 aliphatic carbocycles. The number of hydrogen-bond donors (Lipinski definition) is 1. The number of nitro benzene ring substituents is 1. The minimum atomic E-state index is -0.465. The number of aliphatic hydroxyl groups is 1. The zero-order chi connectivity index (χ0) is 14.4. The molecule has 0 aromatic heterocycles. The van der Waals surface area contributed by atoms with E-state index >= 15 is 0 Å². The Balaban J connectivity index is 2.93. The van der Waals surface area contributed by atoms with E-state index in [0.717, 1.165) is 0 Å². The van der Waals surface area contributed by atoms with Crippen LogP contribution < -0.4 is 0 Å². The van der Waals surface area contributed by atoms with Gasteiger partial charge in [0.1, 0.15) is 0 Å².